The molecule has 0 radical (unpaired) electrons. The number of carboxylic acid groups (broad SMARTS) is 1. The first kappa shape index (κ1) is 23.6. The minimum atomic E-state index is -1.18. The minimum absolute atomic E-state index is 0.0530. The molecule has 0 aromatic carbocycles. The molecule has 4 unspecified atom stereocenters. The Kier molecular flexibility index (Phi) is 9.95. The van der Waals surface area contributed by atoms with E-state index < -0.39 is 42.0 Å². The van der Waals surface area contributed by atoms with Gasteiger partial charge in [-0.25, -0.2) is 4.79 Å². The summed E-state index contributed by atoms with van der Waals surface area (Å²) in [6.07, 6.45) is 3.37. The van der Waals surface area contributed by atoms with Gasteiger partial charge < -0.3 is 26.4 Å². The molecule has 0 spiro atoms. The van der Waals surface area contributed by atoms with E-state index in [9.17, 15) is 19.2 Å². The van der Waals surface area contributed by atoms with Gasteiger partial charge in [-0.1, -0.05) is 0 Å². The summed E-state index contributed by atoms with van der Waals surface area (Å²) in [5.74, 6) is -1.89. The highest BCUT2D eigenvalue weighted by Gasteiger charge is 2.38. The maximum atomic E-state index is 13.0. The zero-order valence-corrected chi connectivity index (χ0v) is 17.2. The summed E-state index contributed by atoms with van der Waals surface area (Å²) < 4.78 is 0. The molecule has 0 saturated carbocycles. The lowest BCUT2D eigenvalue weighted by atomic mass is 10.1. The highest BCUT2D eigenvalue weighted by atomic mass is 32.2. The minimum Gasteiger partial charge on any atom is -0.480 e. The molecular formula is C16H28N4O5S2. The highest BCUT2D eigenvalue weighted by molar-refractivity contribution is 7.98. The number of amides is 3. The van der Waals surface area contributed by atoms with Crippen molar-refractivity contribution in [2.24, 2.45) is 5.73 Å². The Bertz CT molecular complexity index is 561. The molecule has 11 heteroatoms. The van der Waals surface area contributed by atoms with Crippen LogP contribution in [0.15, 0.2) is 0 Å². The Balaban J connectivity index is 2.87. The van der Waals surface area contributed by atoms with E-state index in [1.807, 2.05) is 6.26 Å². The van der Waals surface area contributed by atoms with Crippen molar-refractivity contribution in [1.82, 2.24) is 15.5 Å². The van der Waals surface area contributed by atoms with Crippen molar-refractivity contribution in [2.75, 3.05) is 24.3 Å². The van der Waals surface area contributed by atoms with Gasteiger partial charge in [0.1, 0.15) is 18.1 Å². The smallest absolute Gasteiger partial charge is 0.327 e. The lowest BCUT2D eigenvalue weighted by Gasteiger charge is -2.29. The molecule has 0 aliphatic carbocycles. The van der Waals surface area contributed by atoms with Crippen molar-refractivity contribution in [3.63, 3.8) is 0 Å². The van der Waals surface area contributed by atoms with Crippen molar-refractivity contribution in [3.05, 3.63) is 0 Å². The van der Waals surface area contributed by atoms with Crippen LogP contribution in [0.5, 0.6) is 0 Å². The van der Waals surface area contributed by atoms with Gasteiger partial charge in [0.25, 0.3) is 0 Å². The summed E-state index contributed by atoms with van der Waals surface area (Å²) in [6, 6.07) is -3.41. The normalized spacial score (nSPS) is 19.9. The van der Waals surface area contributed by atoms with E-state index in [1.54, 1.807) is 11.8 Å². The molecule has 9 nitrogen and oxygen atoms in total. The van der Waals surface area contributed by atoms with Crippen molar-refractivity contribution < 1.29 is 24.3 Å². The standard InChI is InChI=1S/C16H28N4O5S2/c1-9(17)13(21)18-10(5-7-27-2)15(23)20-6-3-4-12(20)14(22)19-11(8-26)16(24)25/h9-12,26H,3-8,17H2,1-2H3,(H,18,21)(H,19,22)(H,24,25). The van der Waals surface area contributed by atoms with Crippen LogP contribution in [0.3, 0.4) is 0 Å². The lowest BCUT2D eigenvalue weighted by molar-refractivity contribution is -0.144. The van der Waals surface area contributed by atoms with E-state index in [0.717, 1.165) is 0 Å². The van der Waals surface area contributed by atoms with E-state index >= 15 is 0 Å². The summed E-state index contributed by atoms with van der Waals surface area (Å²) in [5, 5.41) is 14.1. The topological polar surface area (TPSA) is 142 Å². The Morgan fingerprint density at radius 3 is 2.48 bits per heavy atom. The van der Waals surface area contributed by atoms with Crippen LogP contribution in [0.4, 0.5) is 0 Å². The first-order valence-corrected chi connectivity index (χ1v) is 10.7. The first-order chi connectivity index (χ1) is 12.7. The summed E-state index contributed by atoms with van der Waals surface area (Å²) in [5.41, 5.74) is 5.57. The predicted octanol–water partition coefficient (Wildman–Crippen LogP) is -0.938. The van der Waals surface area contributed by atoms with Gasteiger partial charge in [0.15, 0.2) is 0 Å². The van der Waals surface area contributed by atoms with Crippen LogP contribution in [-0.2, 0) is 19.2 Å². The van der Waals surface area contributed by atoms with E-state index in [4.69, 9.17) is 10.8 Å². The molecule has 154 valence electrons. The fourth-order valence-electron chi connectivity index (χ4n) is 2.75. The number of carbonyl (C=O) groups excluding carboxylic acids is 3. The van der Waals surface area contributed by atoms with Crippen LogP contribution in [-0.4, -0.2) is 82.2 Å². The third-order valence-corrected chi connectivity index (χ3v) is 5.28. The molecule has 0 aromatic rings. The second-order valence-corrected chi connectivity index (χ2v) is 7.75. The van der Waals surface area contributed by atoms with Gasteiger partial charge >= 0.3 is 5.97 Å². The third-order valence-electron chi connectivity index (χ3n) is 4.27. The molecule has 0 aromatic heterocycles. The predicted molar refractivity (Wildman–Crippen MR) is 107 cm³/mol. The number of hydrogen-bond donors (Lipinski definition) is 5. The molecular weight excluding hydrogens is 392 g/mol. The second kappa shape index (κ2) is 11.4. The van der Waals surface area contributed by atoms with E-state index in [2.05, 4.69) is 23.3 Å². The monoisotopic (exact) mass is 420 g/mol. The van der Waals surface area contributed by atoms with Crippen LogP contribution in [0.25, 0.3) is 0 Å². The molecule has 5 N–H and O–H groups in total. The fourth-order valence-corrected chi connectivity index (χ4v) is 3.47. The van der Waals surface area contributed by atoms with Gasteiger partial charge in [0, 0.05) is 12.3 Å². The number of hydrogen-bond acceptors (Lipinski definition) is 7. The Labute approximate surface area is 168 Å². The van der Waals surface area contributed by atoms with Crippen molar-refractivity contribution in [1.29, 1.82) is 0 Å². The van der Waals surface area contributed by atoms with Crippen molar-refractivity contribution in [2.45, 2.75) is 50.4 Å². The summed E-state index contributed by atoms with van der Waals surface area (Å²) in [7, 11) is 0. The quantitative estimate of drug-likeness (QED) is 0.287. The number of carboxylic acids is 1. The molecule has 1 heterocycles. The van der Waals surface area contributed by atoms with Crippen molar-refractivity contribution >= 4 is 48.1 Å². The Hall–Kier alpha value is -1.46. The van der Waals surface area contributed by atoms with Gasteiger partial charge in [0.05, 0.1) is 6.04 Å². The average Bonchev–Trinajstić information content (AvgIpc) is 3.11. The van der Waals surface area contributed by atoms with Gasteiger partial charge in [0.2, 0.25) is 17.7 Å². The average molecular weight is 421 g/mol. The third kappa shape index (κ3) is 6.89. The second-order valence-electron chi connectivity index (χ2n) is 6.40. The fraction of sp³-hybridized carbons (Fsp3) is 0.750. The van der Waals surface area contributed by atoms with E-state index in [-0.39, 0.29) is 11.7 Å². The van der Waals surface area contributed by atoms with Crippen LogP contribution in [0.1, 0.15) is 26.2 Å². The maximum Gasteiger partial charge on any atom is 0.327 e. The number of nitrogens with one attached hydrogen (secondary N) is 2. The van der Waals surface area contributed by atoms with Crippen LogP contribution >= 0.6 is 24.4 Å². The molecule has 1 fully saturated rings. The zero-order chi connectivity index (χ0) is 20.6. The number of carbonyl (C=O) groups is 4. The number of likely N-dealkylation sites (tertiary alicyclic amines) is 1. The van der Waals surface area contributed by atoms with E-state index in [0.29, 0.717) is 31.6 Å². The van der Waals surface area contributed by atoms with Gasteiger partial charge in [-0.3, -0.25) is 14.4 Å². The largest absolute Gasteiger partial charge is 0.480 e. The van der Waals surface area contributed by atoms with Gasteiger partial charge in [-0.05, 0) is 38.2 Å². The summed E-state index contributed by atoms with van der Waals surface area (Å²) in [6.45, 7) is 1.90. The summed E-state index contributed by atoms with van der Waals surface area (Å²) >= 11 is 5.47. The highest BCUT2D eigenvalue weighted by Crippen LogP contribution is 2.20. The first-order valence-electron chi connectivity index (χ1n) is 8.72. The SMILES string of the molecule is CSCCC(NC(=O)C(C)N)C(=O)N1CCCC1C(=O)NC(CS)C(=O)O. The lowest BCUT2D eigenvalue weighted by Crippen LogP contribution is -2.56. The molecule has 3 amide bonds. The Morgan fingerprint density at radius 2 is 1.96 bits per heavy atom. The number of aliphatic carboxylic acids is 1. The number of thiol groups is 1. The molecule has 27 heavy (non-hydrogen) atoms. The number of rotatable bonds is 10. The maximum absolute atomic E-state index is 13.0. The van der Waals surface area contributed by atoms with Crippen LogP contribution in [0.2, 0.25) is 0 Å². The zero-order valence-electron chi connectivity index (χ0n) is 15.5. The molecule has 1 aliphatic rings. The molecule has 0 bridgehead atoms. The van der Waals surface area contributed by atoms with E-state index in [1.165, 1.54) is 11.8 Å². The number of nitrogens with two attached hydrogens (primary N) is 1. The van der Waals surface area contributed by atoms with Crippen molar-refractivity contribution in [3.8, 4) is 0 Å². The molecule has 1 saturated heterocycles. The Morgan fingerprint density at radius 1 is 1.30 bits per heavy atom. The van der Waals surface area contributed by atoms with Crippen LogP contribution < -0.4 is 16.4 Å². The van der Waals surface area contributed by atoms with Crippen LogP contribution in [0, 0.1) is 0 Å². The molecule has 1 aliphatic heterocycles. The molecule has 4 atom stereocenters. The van der Waals surface area contributed by atoms with Gasteiger partial charge in [-0.15, -0.1) is 0 Å². The summed E-state index contributed by atoms with van der Waals surface area (Å²) in [4.78, 5) is 49.9. The molecule has 1 rings (SSSR count). The van der Waals surface area contributed by atoms with Gasteiger partial charge in [-0.2, -0.15) is 24.4 Å². The number of nitrogens with zero attached hydrogens (tertiary/aromatic N) is 1. The number of thioether (sulfide) groups is 1.